The van der Waals surface area contributed by atoms with E-state index >= 15 is 0 Å². The molecule has 0 aliphatic carbocycles. The van der Waals surface area contributed by atoms with Crippen LogP contribution in [0.2, 0.25) is 0 Å². The fourth-order valence-corrected chi connectivity index (χ4v) is 2.37. The van der Waals surface area contributed by atoms with Crippen molar-refractivity contribution in [1.29, 1.82) is 0 Å². The van der Waals surface area contributed by atoms with E-state index in [0.717, 1.165) is 11.1 Å². The zero-order valence-corrected chi connectivity index (χ0v) is 14.4. The van der Waals surface area contributed by atoms with Crippen LogP contribution >= 0.6 is 0 Å². The van der Waals surface area contributed by atoms with Gasteiger partial charge in [0.15, 0.2) is 0 Å². The lowest BCUT2D eigenvalue weighted by Gasteiger charge is -2.21. The first kappa shape index (κ1) is 17.0. The molecule has 1 N–H and O–H groups in total. The molecule has 0 spiro atoms. The smallest absolute Gasteiger partial charge is 0.318 e. The van der Waals surface area contributed by atoms with Gasteiger partial charge in [-0.2, -0.15) is 0 Å². The van der Waals surface area contributed by atoms with Crippen molar-refractivity contribution < 1.29 is 9.21 Å². The van der Waals surface area contributed by atoms with Gasteiger partial charge < -0.3 is 14.6 Å². The summed E-state index contributed by atoms with van der Waals surface area (Å²) in [6.45, 7) is 8.31. The third-order valence-corrected chi connectivity index (χ3v) is 3.77. The summed E-state index contributed by atoms with van der Waals surface area (Å²) in [5.41, 5.74) is 3.46. The second kappa shape index (κ2) is 7.26. The highest BCUT2D eigenvalue weighted by atomic mass is 16.4. The van der Waals surface area contributed by atoms with Gasteiger partial charge in [0.2, 0.25) is 11.8 Å². The molecule has 1 unspecified atom stereocenters. The van der Waals surface area contributed by atoms with E-state index in [0.29, 0.717) is 24.7 Å². The number of carbonyl (C=O) groups is 1. The monoisotopic (exact) mass is 316 g/mol. The number of hydrogen-bond acceptors (Lipinski definition) is 4. The van der Waals surface area contributed by atoms with Crippen LogP contribution in [0.5, 0.6) is 0 Å². The molecule has 6 nitrogen and oxygen atoms in total. The molecular weight excluding hydrogens is 292 g/mol. The summed E-state index contributed by atoms with van der Waals surface area (Å²) < 4.78 is 5.43. The molecule has 2 rings (SSSR count). The first-order valence-electron chi connectivity index (χ1n) is 7.80. The second-order valence-electron chi connectivity index (χ2n) is 5.83. The van der Waals surface area contributed by atoms with Crippen molar-refractivity contribution in [2.75, 3.05) is 7.05 Å². The van der Waals surface area contributed by atoms with E-state index in [4.69, 9.17) is 4.42 Å². The largest absolute Gasteiger partial charge is 0.423 e. The zero-order chi connectivity index (χ0) is 17.0. The van der Waals surface area contributed by atoms with Gasteiger partial charge in [0.25, 0.3) is 0 Å². The van der Waals surface area contributed by atoms with E-state index < -0.39 is 0 Å². The quantitative estimate of drug-likeness (QED) is 0.920. The molecule has 124 valence electrons. The number of amides is 2. The molecule has 1 atom stereocenters. The Balaban J connectivity index is 1.98. The molecule has 0 radical (unpaired) electrons. The van der Waals surface area contributed by atoms with Crippen LogP contribution in [0, 0.1) is 13.8 Å². The van der Waals surface area contributed by atoms with Gasteiger partial charge in [-0.05, 0) is 31.9 Å². The van der Waals surface area contributed by atoms with E-state index in [9.17, 15) is 4.79 Å². The van der Waals surface area contributed by atoms with Gasteiger partial charge in [-0.1, -0.05) is 30.7 Å². The molecule has 1 aromatic heterocycles. The fourth-order valence-electron chi connectivity index (χ4n) is 2.37. The molecule has 0 aliphatic rings. The number of aromatic nitrogens is 2. The second-order valence-corrected chi connectivity index (χ2v) is 5.83. The zero-order valence-electron chi connectivity index (χ0n) is 14.4. The van der Waals surface area contributed by atoms with Crippen LogP contribution in [0.15, 0.2) is 22.6 Å². The molecule has 2 aromatic rings. The molecule has 0 bridgehead atoms. The standard InChI is InChI=1S/C17H24N4O2/c1-6-15-19-20-16(23-15)10-21(5)17(22)18-13(4)14-9-11(2)7-8-12(14)3/h7-9,13H,6,10H2,1-5H3,(H,18,22). The Labute approximate surface area is 136 Å². The molecule has 0 aliphatic heterocycles. The lowest BCUT2D eigenvalue weighted by atomic mass is 10.0. The van der Waals surface area contributed by atoms with Gasteiger partial charge in [0.05, 0.1) is 6.04 Å². The average Bonchev–Trinajstić information content (AvgIpc) is 2.97. The average molecular weight is 316 g/mol. The third-order valence-electron chi connectivity index (χ3n) is 3.77. The predicted octanol–water partition coefficient (Wildman–Crippen LogP) is 3.15. The Morgan fingerprint density at radius 3 is 2.65 bits per heavy atom. The summed E-state index contributed by atoms with van der Waals surface area (Å²) in [5.74, 6) is 1.02. The van der Waals surface area contributed by atoms with Crippen LogP contribution in [0.25, 0.3) is 0 Å². The summed E-state index contributed by atoms with van der Waals surface area (Å²) >= 11 is 0. The van der Waals surface area contributed by atoms with Crippen molar-refractivity contribution in [2.24, 2.45) is 0 Å². The first-order chi connectivity index (χ1) is 10.9. The van der Waals surface area contributed by atoms with Gasteiger partial charge in [0, 0.05) is 13.5 Å². The van der Waals surface area contributed by atoms with E-state index in [1.807, 2.05) is 27.7 Å². The summed E-state index contributed by atoms with van der Waals surface area (Å²) in [6.07, 6.45) is 0.687. The van der Waals surface area contributed by atoms with Crippen molar-refractivity contribution in [3.63, 3.8) is 0 Å². The van der Waals surface area contributed by atoms with Crippen LogP contribution < -0.4 is 5.32 Å². The van der Waals surface area contributed by atoms with Crippen LogP contribution in [0.4, 0.5) is 4.79 Å². The number of urea groups is 1. The maximum Gasteiger partial charge on any atom is 0.318 e. The predicted molar refractivity (Wildman–Crippen MR) is 88.0 cm³/mol. The highest BCUT2D eigenvalue weighted by Gasteiger charge is 2.17. The van der Waals surface area contributed by atoms with Gasteiger partial charge in [0.1, 0.15) is 6.54 Å². The van der Waals surface area contributed by atoms with E-state index in [1.54, 1.807) is 7.05 Å². The topological polar surface area (TPSA) is 71.3 Å². The lowest BCUT2D eigenvalue weighted by Crippen LogP contribution is -2.38. The Bertz CT molecular complexity index is 681. The maximum atomic E-state index is 12.3. The summed E-state index contributed by atoms with van der Waals surface area (Å²) in [4.78, 5) is 13.9. The number of benzene rings is 1. The van der Waals surface area contributed by atoms with Crippen molar-refractivity contribution in [2.45, 2.75) is 46.7 Å². The van der Waals surface area contributed by atoms with Gasteiger partial charge in [-0.25, -0.2) is 4.79 Å². The minimum atomic E-state index is -0.172. The highest BCUT2D eigenvalue weighted by molar-refractivity contribution is 5.74. The van der Waals surface area contributed by atoms with Gasteiger partial charge >= 0.3 is 6.03 Å². The Morgan fingerprint density at radius 1 is 1.30 bits per heavy atom. The number of carbonyl (C=O) groups excluding carboxylic acids is 1. The van der Waals surface area contributed by atoms with E-state index in [2.05, 4.69) is 33.7 Å². The number of nitrogens with zero attached hydrogens (tertiary/aromatic N) is 3. The minimum Gasteiger partial charge on any atom is -0.423 e. The Morgan fingerprint density at radius 2 is 2.00 bits per heavy atom. The Kier molecular flexibility index (Phi) is 5.36. The first-order valence-corrected chi connectivity index (χ1v) is 7.80. The number of nitrogens with one attached hydrogen (secondary N) is 1. The Hall–Kier alpha value is -2.37. The van der Waals surface area contributed by atoms with Crippen LogP contribution in [-0.2, 0) is 13.0 Å². The summed E-state index contributed by atoms with van der Waals surface area (Å²) in [5, 5.41) is 10.8. The van der Waals surface area contributed by atoms with E-state index in [1.165, 1.54) is 10.5 Å². The van der Waals surface area contributed by atoms with E-state index in [-0.39, 0.29) is 12.1 Å². The van der Waals surface area contributed by atoms with Crippen molar-refractivity contribution in [3.8, 4) is 0 Å². The highest BCUT2D eigenvalue weighted by Crippen LogP contribution is 2.19. The minimum absolute atomic E-state index is 0.0706. The summed E-state index contributed by atoms with van der Waals surface area (Å²) in [7, 11) is 1.71. The van der Waals surface area contributed by atoms with Gasteiger partial charge in [-0.3, -0.25) is 0 Å². The molecule has 0 fully saturated rings. The molecule has 6 heteroatoms. The number of hydrogen-bond donors (Lipinski definition) is 1. The fraction of sp³-hybridized carbons (Fsp3) is 0.471. The molecule has 1 heterocycles. The maximum absolute atomic E-state index is 12.3. The van der Waals surface area contributed by atoms with Crippen LogP contribution in [0.3, 0.4) is 0 Å². The van der Waals surface area contributed by atoms with Crippen molar-refractivity contribution in [1.82, 2.24) is 20.4 Å². The number of rotatable bonds is 5. The van der Waals surface area contributed by atoms with Crippen molar-refractivity contribution in [3.05, 3.63) is 46.7 Å². The molecular formula is C17H24N4O2. The molecule has 0 saturated carbocycles. The lowest BCUT2D eigenvalue weighted by molar-refractivity contribution is 0.198. The number of aryl methyl sites for hydroxylation is 3. The third kappa shape index (κ3) is 4.31. The van der Waals surface area contributed by atoms with Crippen molar-refractivity contribution >= 4 is 6.03 Å². The normalized spacial score (nSPS) is 12.0. The molecule has 23 heavy (non-hydrogen) atoms. The van der Waals surface area contributed by atoms with Gasteiger partial charge in [-0.15, -0.1) is 10.2 Å². The van der Waals surface area contributed by atoms with Crippen LogP contribution in [0.1, 0.15) is 48.4 Å². The summed E-state index contributed by atoms with van der Waals surface area (Å²) in [6, 6.07) is 6.00. The molecule has 1 aromatic carbocycles. The molecule has 0 saturated heterocycles. The van der Waals surface area contributed by atoms with Crippen LogP contribution in [-0.4, -0.2) is 28.2 Å². The molecule has 2 amide bonds. The SMILES string of the molecule is CCc1nnc(CN(C)C(=O)NC(C)c2cc(C)ccc2C)o1.